The zero-order chi connectivity index (χ0) is 13.4. The number of ketones is 1. The van der Waals surface area contributed by atoms with Crippen molar-refractivity contribution in [2.24, 2.45) is 5.73 Å². The fourth-order valence-electron chi connectivity index (χ4n) is 1.65. The molecule has 17 heavy (non-hydrogen) atoms. The van der Waals surface area contributed by atoms with Gasteiger partial charge in [-0.1, -0.05) is 0 Å². The van der Waals surface area contributed by atoms with Crippen molar-refractivity contribution in [3.05, 3.63) is 34.4 Å². The third-order valence-corrected chi connectivity index (χ3v) is 2.30. The van der Waals surface area contributed by atoms with Gasteiger partial charge in [0.15, 0.2) is 0 Å². The van der Waals surface area contributed by atoms with Crippen LogP contribution in [-0.4, -0.2) is 17.9 Å². The third kappa shape index (κ3) is 2.64. The van der Waals surface area contributed by atoms with Crippen LogP contribution in [0, 0.1) is 13.8 Å². The molecule has 0 spiro atoms. The van der Waals surface area contributed by atoms with E-state index < -0.39 is 23.4 Å². The summed E-state index contributed by atoms with van der Waals surface area (Å²) in [6.07, 6.45) is -4.92. The number of carbonyl (C=O) groups is 2. The average Bonchev–Trinajstić information content (AvgIpc) is 2.13. The second kappa shape index (κ2) is 4.20. The molecule has 0 saturated carbocycles. The lowest BCUT2D eigenvalue weighted by atomic mass is 9.97. The van der Waals surface area contributed by atoms with E-state index in [4.69, 9.17) is 5.73 Å². The van der Waals surface area contributed by atoms with Crippen LogP contribution in [0.5, 0.6) is 0 Å². The highest BCUT2D eigenvalue weighted by atomic mass is 19.4. The Hall–Kier alpha value is -1.85. The van der Waals surface area contributed by atoms with Gasteiger partial charge in [-0.15, -0.1) is 0 Å². The Labute approximate surface area is 95.4 Å². The van der Waals surface area contributed by atoms with Crippen LogP contribution >= 0.6 is 0 Å². The molecule has 92 valence electrons. The molecule has 1 aromatic rings. The van der Waals surface area contributed by atoms with Gasteiger partial charge in [-0.2, -0.15) is 13.2 Å². The van der Waals surface area contributed by atoms with Gasteiger partial charge in [-0.25, -0.2) is 0 Å². The molecule has 0 fully saturated rings. The molecular weight excluding hydrogens is 235 g/mol. The molecular formula is C11H10F3NO2. The van der Waals surface area contributed by atoms with Gasteiger partial charge in [-0.05, 0) is 37.1 Å². The number of hydrogen-bond acceptors (Lipinski definition) is 2. The van der Waals surface area contributed by atoms with Crippen LogP contribution in [0.1, 0.15) is 31.8 Å². The zero-order valence-electron chi connectivity index (χ0n) is 9.18. The monoisotopic (exact) mass is 245 g/mol. The second-order valence-electron chi connectivity index (χ2n) is 3.68. The molecule has 0 heterocycles. The maximum atomic E-state index is 12.2. The van der Waals surface area contributed by atoms with E-state index in [2.05, 4.69) is 0 Å². The number of benzene rings is 1. The van der Waals surface area contributed by atoms with Gasteiger partial charge >= 0.3 is 6.18 Å². The summed E-state index contributed by atoms with van der Waals surface area (Å²) in [6.45, 7) is 2.86. The van der Waals surface area contributed by atoms with Crippen molar-refractivity contribution in [2.75, 3.05) is 0 Å². The smallest absolute Gasteiger partial charge is 0.366 e. The molecule has 6 heteroatoms. The van der Waals surface area contributed by atoms with Crippen molar-refractivity contribution in [1.82, 2.24) is 0 Å². The van der Waals surface area contributed by atoms with Crippen LogP contribution in [0.4, 0.5) is 13.2 Å². The van der Waals surface area contributed by atoms with Crippen molar-refractivity contribution < 1.29 is 22.8 Å². The number of aryl methyl sites for hydroxylation is 2. The molecule has 0 unspecified atom stereocenters. The summed E-state index contributed by atoms with van der Waals surface area (Å²) in [5, 5.41) is 0. The standard InChI is InChI=1S/C11H10F3NO2/c1-5-3-7(9(16)11(12,13)14)4-6(2)8(5)10(15)17/h3-4H,1-2H3,(H2,15,17). The number of rotatable bonds is 2. The molecule has 1 rings (SSSR count). The van der Waals surface area contributed by atoms with Crippen LogP contribution in [0.25, 0.3) is 0 Å². The Kier molecular flexibility index (Phi) is 3.26. The van der Waals surface area contributed by atoms with E-state index >= 15 is 0 Å². The van der Waals surface area contributed by atoms with Crippen molar-refractivity contribution >= 4 is 11.7 Å². The largest absolute Gasteiger partial charge is 0.454 e. The van der Waals surface area contributed by atoms with Gasteiger partial charge < -0.3 is 5.73 Å². The number of Topliss-reactive ketones (excluding diaryl/α,β-unsaturated/α-hetero) is 1. The van der Waals surface area contributed by atoms with Crippen molar-refractivity contribution in [3.63, 3.8) is 0 Å². The molecule has 0 aliphatic rings. The van der Waals surface area contributed by atoms with E-state index in [1.807, 2.05) is 0 Å². The third-order valence-electron chi connectivity index (χ3n) is 2.30. The molecule has 0 aliphatic heterocycles. The number of carbonyl (C=O) groups excluding carboxylic acids is 2. The first-order valence-corrected chi connectivity index (χ1v) is 4.67. The van der Waals surface area contributed by atoms with Crippen molar-refractivity contribution in [1.29, 1.82) is 0 Å². The molecule has 3 nitrogen and oxygen atoms in total. The van der Waals surface area contributed by atoms with E-state index in [9.17, 15) is 22.8 Å². The van der Waals surface area contributed by atoms with E-state index in [1.54, 1.807) is 0 Å². The van der Waals surface area contributed by atoms with Gasteiger partial charge in [0.1, 0.15) is 0 Å². The van der Waals surface area contributed by atoms with Crippen LogP contribution in [0.3, 0.4) is 0 Å². The predicted molar refractivity (Wildman–Crippen MR) is 54.8 cm³/mol. The van der Waals surface area contributed by atoms with Gasteiger partial charge in [0.2, 0.25) is 5.91 Å². The lowest BCUT2D eigenvalue weighted by Gasteiger charge is -2.10. The zero-order valence-corrected chi connectivity index (χ0v) is 9.18. The van der Waals surface area contributed by atoms with Crippen LogP contribution < -0.4 is 5.73 Å². The molecule has 0 aromatic heterocycles. The minimum Gasteiger partial charge on any atom is -0.366 e. The summed E-state index contributed by atoms with van der Waals surface area (Å²) in [6, 6.07) is 2.03. The summed E-state index contributed by atoms with van der Waals surface area (Å²) in [7, 11) is 0. The second-order valence-corrected chi connectivity index (χ2v) is 3.68. The number of hydrogen-bond donors (Lipinski definition) is 1. The first kappa shape index (κ1) is 13.2. The van der Waals surface area contributed by atoms with Gasteiger partial charge in [0, 0.05) is 11.1 Å². The Bertz CT molecular complexity index is 469. The van der Waals surface area contributed by atoms with Crippen LogP contribution in [0.2, 0.25) is 0 Å². The Morgan fingerprint density at radius 3 is 1.82 bits per heavy atom. The lowest BCUT2D eigenvalue weighted by molar-refractivity contribution is -0.0885. The van der Waals surface area contributed by atoms with Crippen LogP contribution in [-0.2, 0) is 0 Å². The van der Waals surface area contributed by atoms with Gasteiger partial charge in [-0.3, -0.25) is 9.59 Å². The van der Waals surface area contributed by atoms with Gasteiger partial charge in [0.05, 0.1) is 0 Å². The summed E-state index contributed by atoms with van der Waals surface area (Å²) in [5.74, 6) is -2.66. The first-order valence-electron chi connectivity index (χ1n) is 4.67. The Morgan fingerprint density at radius 1 is 1.12 bits per heavy atom. The number of alkyl halides is 3. The molecule has 1 aromatic carbocycles. The molecule has 0 radical (unpaired) electrons. The summed E-state index contributed by atoms with van der Waals surface area (Å²) in [4.78, 5) is 22.0. The Morgan fingerprint density at radius 2 is 1.53 bits per heavy atom. The summed E-state index contributed by atoms with van der Waals surface area (Å²) < 4.78 is 36.6. The predicted octanol–water partition coefficient (Wildman–Crippen LogP) is 2.15. The number of amides is 1. The first-order chi connectivity index (χ1) is 7.64. The number of nitrogens with two attached hydrogens (primary N) is 1. The quantitative estimate of drug-likeness (QED) is 0.811. The summed E-state index contributed by atoms with van der Waals surface area (Å²) >= 11 is 0. The molecule has 0 bridgehead atoms. The highest BCUT2D eigenvalue weighted by molar-refractivity contribution is 6.02. The maximum Gasteiger partial charge on any atom is 0.454 e. The van der Waals surface area contributed by atoms with Crippen molar-refractivity contribution in [2.45, 2.75) is 20.0 Å². The van der Waals surface area contributed by atoms with Crippen molar-refractivity contribution in [3.8, 4) is 0 Å². The van der Waals surface area contributed by atoms with E-state index in [1.165, 1.54) is 13.8 Å². The van der Waals surface area contributed by atoms with Gasteiger partial charge in [0.25, 0.3) is 5.78 Å². The molecule has 0 atom stereocenters. The van der Waals surface area contributed by atoms with E-state index in [-0.39, 0.29) is 16.7 Å². The lowest BCUT2D eigenvalue weighted by Crippen LogP contribution is -2.24. The Balaban J connectivity index is 3.34. The SMILES string of the molecule is Cc1cc(C(=O)C(F)(F)F)cc(C)c1C(N)=O. The number of halogens is 3. The fraction of sp³-hybridized carbons (Fsp3) is 0.273. The normalized spacial score (nSPS) is 11.4. The summed E-state index contributed by atoms with van der Waals surface area (Å²) in [5.41, 5.74) is 5.24. The molecule has 2 N–H and O–H groups in total. The minimum absolute atomic E-state index is 0.142. The fourth-order valence-corrected chi connectivity index (χ4v) is 1.65. The molecule has 0 aliphatic carbocycles. The molecule has 0 saturated heterocycles. The van der Waals surface area contributed by atoms with Crippen LogP contribution in [0.15, 0.2) is 12.1 Å². The molecule has 1 amide bonds. The highest BCUT2D eigenvalue weighted by Crippen LogP contribution is 2.24. The highest BCUT2D eigenvalue weighted by Gasteiger charge is 2.39. The minimum atomic E-state index is -4.92. The average molecular weight is 245 g/mol. The van der Waals surface area contributed by atoms with E-state index in [0.29, 0.717) is 0 Å². The number of primary amides is 1. The van der Waals surface area contributed by atoms with E-state index in [0.717, 1.165) is 12.1 Å². The topological polar surface area (TPSA) is 60.2 Å². The maximum absolute atomic E-state index is 12.2.